The van der Waals surface area contributed by atoms with E-state index in [1.54, 1.807) is 6.08 Å². The molecule has 0 bridgehead atoms. The third-order valence-corrected chi connectivity index (χ3v) is 6.15. The highest BCUT2D eigenvalue weighted by Gasteiger charge is 2.22. The minimum Gasteiger partial charge on any atom is -0.423 e. The topological polar surface area (TPSA) is 26.3 Å². The molecule has 4 rings (SSSR count). The maximum Gasteiger partial charge on any atom is 0.349 e. The van der Waals surface area contributed by atoms with Gasteiger partial charge < -0.3 is 4.74 Å². The molecule has 0 heterocycles. The Kier molecular flexibility index (Phi) is 8.92. The van der Waals surface area contributed by atoms with Crippen LogP contribution in [-0.2, 0) is 19.3 Å². The first-order valence-corrected chi connectivity index (χ1v) is 12.4. The molecule has 0 aromatic heterocycles. The molecule has 200 valence electrons. The first-order chi connectivity index (χ1) is 18.7. The molecule has 0 saturated carbocycles. The average molecular weight is 537 g/mol. The Morgan fingerprint density at radius 3 is 1.62 bits per heavy atom. The van der Waals surface area contributed by atoms with E-state index in [2.05, 4.69) is 35.9 Å². The molecule has 4 aromatic rings. The van der Waals surface area contributed by atoms with Gasteiger partial charge in [-0.3, -0.25) is 0 Å². The maximum absolute atomic E-state index is 14.6. The van der Waals surface area contributed by atoms with Crippen LogP contribution in [0.3, 0.4) is 0 Å². The molecule has 0 aliphatic heterocycles. The molecule has 0 N–H and O–H groups in total. The molecule has 0 spiro atoms. The van der Waals surface area contributed by atoms with Crippen LogP contribution in [0.1, 0.15) is 51.5 Å². The van der Waals surface area contributed by atoms with E-state index in [4.69, 9.17) is 0 Å². The van der Waals surface area contributed by atoms with Crippen LogP contribution in [0.2, 0.25) is 0 Å². The van der Waals surface area contributed by atoms with Crippen LogP contribution < -0.4 is 4.74 Å². The number of carbonyl (C=O) groups is 1. The molecule has 0 fully saturated rings. The summed E-state index contributed by atoms with van der Waals surface area (Å²) < 4.78 is 73.5. The zero-order valence-electron chi connectivity index (χ0n) is 21.1. The van der Waals surface area contributed by atoms with E-state index < -0.39 is 46.4 Å². The van der Waals surface area contributed by atoms with Gasteiger partial charge >= 0.3 is 5.97 Å². The number of carbonyl (C=O) groups excluding carboxylic acids is 1. The highest BCUT2D eigenvalue weighted by atomic mass is 19.2. The minimum absolute atomic E-state index is 0.149. The monoisotopic (exact) mass is 536 g/mol. The zero-order valence-corrected chi connectivity index (χ0v) is 21.1. The molecule has 4 aromatic carbocycles. The van der Waals surface area contributed by atoms with Crippen molar-refractivity contribution in [2.75, 3.05) is 0 Å². The summed E-state index contributed by atoms with van der Waals surface area (Å²) in [6, 6.07) is 19.1. The third-order valence-electron chi connectivity index (χ3n) is 6.15. The first kappa shape index (κ1) is 27.8. The molecule has 0 aliphatic rings. The lowest BCUT2D eigenvalue weighted by atomic mass is 10.0. The first-order valence-electron chi connectivity index (χ1n) is 12.4. The van der Waals surface area contributed by atoms with Gasteiger partial charge in [-0.25, -0.2) is 26.7 Å². The van der Waals surface area contributed by atoms with Crippen molar-refractivity contribution in [3.8, 4) is 5.75 Å². The van der Waals surface area contributed by atoms with Crippen LogP contribution in [0.15, 0.2) is 72.8 Å². The van der Waals surface area contributed by atoms with Gasteiger partial charge in [0, 0.05) is 12.1 Å². The van der Waals surface area contributed by atoms with Crippen molar-refractivity contribution in [3.63, 3.8) is 0 Å². The van der Waals surface area contributed by atoms with E-state index in [9.17, 15) is 26.7 Å². The van der Waals surface area contributed by atoms with Gasteiger partial charge in [-0.2, -0.15) is 0 Å². The Bertz CT molecular complexity index is 1450. The Hall–Kier alpha value is -4.26. The fourth-order valence-electron chi connectivity index (χ4n) is 4.07. The van der Waals surface area contributed by atoms with E-state index in [1.165, 1.54) is 17.2 Å². The van der Waals surface area contributed by atoms with Crippen LogP contribution in [0, 0.1) is 29.1 Å². The van der Waals surface area contributed by atoms with Crippen LogP contribution in [-0.4, -0.2) is 5.97 Å². The van der Waals surface area contributed by atoms with Crippen LogP contribution >= 0.6 is 0 Å². The maximum atomic E-state index is 14.6. The summed E-state index contributed by atoms with van der Waals surface area (Å²) in [6.45, 7) is 2.16. The molecule has 0 amide bonds. The Balaban J connectivity index is 1.38. The predicted molar refractivity (Wildman–Crippen MR) is 141 cm³/mol. The summed E-state index contributed by atoms with van der Waals surface area (Å²) in [5, 5.41) is 0. The van der Waals surface area contributed by atoms with Crippen LogP contribution in [0.4, 0.5) is 22.0 Å². The Morgan fingerprint density at radius 2 is 1.10 bits per heavy atom. The number of ether oxygens (including phenoxy) is 1. The standard InChI is InChI=1S/C32H25F5O2/c1-2-3-20-4-6-21(7-5-20)8-9-22-10-12-23(13-11-22)14-15-24-16-26(33)30(27(34)17-24)32(38)39-25-18-28(35)31(37)29(36)19-25/h4-7,10-19H,2-3,8-9H2,1H3. The SMILES string of the molecule is CCCc1ccc(CCc2ccc(C=Cc3cc(F)c(C(=O)Oc4cc(F)c(F)c(F)c4)c(F)c3)cc2)cc1. The molecular weight excluding hydrogens is 511 g/mol. The number of benzene rings is 4. The summed E-state index contributed by atoms with van der Waals surface area (Å²) in [7, 11) is 0. The quantitative estimate of drug-likeness (QED) is 0.0705. The highest BCUT2D eigenvalue weighted by molar-refractivity contribution is 5.92. The van der Waals surface area contributed by atoms with Gasteiger partial charge in [0.15, 0.2) is 17.5 Å². The van der Waals surface area contributed by atoms with Gasteiger partial charge in [-0.05, 0) is 59.2 Å². The van der Waals surface area contributed by atoms with Crippen LogP contribution in [0.5, 0.6) is 5.75 Å². The number of hydrogen-bond donors (Lipinski definition) is 0. The normalized spacial score (nSPS) is 11.2. The largest absolute Gasteiger partial charge is 0.423 e. The Labute approximate surface area is 223 Å². The van der Waals surface area contributed by atoms with Gasteiger partial charge in [0.05, 0.1) is 0 Å². The lowest BCUT2D eigenvalue weighted by Crippen LogP contribution is -2.14. The summed E-state index contributed by atoms with van der Waals surface area (Å²) in [6.07, 6.45) is 7.15. The average Bonchev–Trinajstić information content (AvgIpc) is 2.90. The molecule has 0 saturated heterocycles. The van der Waals surface area contributed by atoms with Gasteiger partial charge in [0.25, 0.3) is 0 Å². The molecule has 0 unspecified atom stereocenters. The van der Waals surface area contributed by atoms with E-state index in [1.807, 2.05) is 24.3 Å². The lowest BCUT2D eigenvalue weighted by molar-refractivity contribution is 0.0723. The predicted octanol–water partition coefficient (Wildman–Crippen LogP) is 8.51. The molecule has 2 nitrogen and oxygen atoms in total. The molecule has 0 atom stereocenters. The van der Waals surface area contributed by atoms with Crippen molar-refractivity contribution in [1.29, 1.82) is 0 Å². The second-order valence-electron chi connectivity index (χ2n) is 9.09. The van der Waals surface area contributed by atoms with E-state index in [0.717, 1.165) is 48.9 Å². The second kappa shape index (κ2) is 12.5. The summed E-state index contributed by atoms with van der Waals surface area (Å²) in [4.78, 5) is 12.2. The van der Waals surface area contributed by atoms with Gasteiger partial charge in [0.2, 0.25) is 0 Å². The number of halogens is 5. The molecule has 0 radical (unpaired) electrons. The van der Waals surface area contributed by atoms with Gasteiger partial charge in [-0.15, -0.1) is 0 Å². The number of hydrogen-bond acceptors (Lipinski definition) is 2. The molecule has 0 aliphatic carbocycles. The molecular formula is C32H25F5O2. The van der Waals surface area contributed by atoms with Crippen molar-refractivity contribution >= 4 is 18.1 Å². The van der Waals surface area contributed by atoms with Crippen molar-refractivity contribution in [3.05, 3.63) is 135 Å². The lowest BCUT2D eigenvalue weighted by Gasteiger charge is -2.08. The Morgan fingerprint density at radius 1 is 0.641 bits per heavy atom. The van der Waals surface area contributed by atoms with Crippen molar-refractivity contribution in [2.45, 2.75) is 32.6 Å². The van der Waals surface area contributed by atoms with E-state index >= 15 is 0 Å². The van der Waals surface area contributed by atoms with E-state index in [-0.39, 0.29) is 5.56 Å². The summed E-state index contributed by atoms with van der Waals surface area (Å²) >= 11 is 0. The van der Waals surface area contributed by atoms with Crippen molar-refractivity contribution in [2.24, 2.45) is 0 Å². The number of aryl methyl sites for hydroxylation is 3. The smallest absolute Gasteiger partial charge is 0.349 e. The fraction of sp³-hybridized carbons (Fsp3) is 0.156. The third kappa shape index (κ3) is 7.19. The van der Waals surface area contributed by atoms with E-state index in [0.29, 0.717) is 12.1 Å². The summed E-state index contributed by atoms with van der Waals surface area (Å²) in [5.41, 5.74) is 3.69. The van der Waals surface area contributed by atoms with Crippen molar-refractivity contribution < 1.29 is 31.5 Å². The fourth-order valence-corrected chi connectivity index (χ4v) is 4.07. The van der Waals surface area contributed by atoms with Crippen molar-refractivity contribution in [1.82, 2.24) is 0 Å². The second-order valence-corrected chi connectivity index (χ2v) is 9.09. The number of rotatable bonds is 9. The van der Waals surface area contributed by atoms with Gasteiger partial charge in [-0.1, -0.05) is 74.0 Å². The molecule has 39 heavy (non-hydrogen) atoms. The summed E-state index contributed by atoms with van der Waals surface area (Å²) in [5.74, 6) is -9.66. The number of esters is 1. The highest BCUT2D eigenvalue weighted by Crippen LogP contribution is 2.23. The molecule has 7 heteroatoms. The zero-order chi connectivity index (χ0) is 27.9. The minimum atomic E-state index is -1.76. The van der Waals surface area contributed by atoms with Gasteiger partial charge in [0.1, 0.15) is 22.9 Å². The van der Waals surface area contributed by atoms with Crippen LogP contribution in [0.25, 0.3) is 12.2 Å².